The third kappa shape index (κ3) is 2.33. The van der Waals surface area contributed by atoms with Crippen molar-refractivity contribution in [3.8, 4) is 5.69 Å². The van der Waals surface area contributed by atoms with E-state index in [1.54, 1.807) is 0 Å². The lowest BCUT2D eigenvalue weighted by atomic mass is 10.1. The fourth-order valence-corrected chi connectivity index (χ4v) is 3.78. The van der Waals surface area contributed by atoms with E-state index >= 15 is 0 Å². The highest BCUT2D eigenvalue weighted by Crippen LogP contribution is 2.37. The van der Waals surface area contributed by atoms with E-state index in [1.807, 2.05) is 16.4 Å². The molecule has 0 bridgehead atoms. The fourth-order valence-electron chi connectivity index (χ4n) is 2.75. The van der Waals surface area contributed by atoms with E-state index in [0.717, 1.165) is 41.5 Å². The minimum absolute atomic E-state index is 0.143. The lowest BCUT2D eigenvalue weighted by Crippen LogP contribution is -2.17. The quantitative estimate of drug-likeness (QED) is 0.942. The van der Waals surface area contributed by atoms with E-state index in [9.17, 15) is 4.79 Å². The summed E-state index contributed by atoms with van der Waals surface area (Å²) in [6.45, 7) is 4.21. The molecule has 0 saturated heterocycles. The molecule has 2 heterocycles. The van der Waals surface area contributed by atoms with Gasteiger partial charge in [0.2, 0.25) is 5.91 Å². The number of hydrogen-bond donors (Lipinski definition) is 1. The van der Waals surface area contributed by atoms with Crippen LogP contribution < -0.4 is 5.32 Å². The maximum absolute atomic E-state index is 12.2. The Balaban J connectivity index is 1.77. The standard InChI is InChI=1S/C17H19N3OS/c1-10-3-6-13(7-11(10)2)20-16(18-17(21)12-4-5-12)14-8-22-9-15(14)19-20/h3,6-7,12H,4-5,8-9H2,1-2H3,(H,18,21). The molecule has 1 saturated carbocycles. The number of aryl methyl sites for hydroxylation is 2. The summed E-state index contributed by atoms with van der Waals surface area (Å²) in [5.41, 5.74) is 5.82. The molecule has 4 rings (SSSR count). The van der Waals surface area contributed by atoms with Crippen molar-refractivity contribution in [2.75, 3.05) is 5.32 Å². The first kappa shape index (κ1) is 13.9. The van der Waals surface area contributed by atoms with Crippen molar-refractivity contribution in [2.45, 2.75) is 38.2 Å². The minimum atomic E-state index is 0.143. The molecule has 1 fully saturated rings. The summed E-state index contributed by atoms with van der Waals surface area (Å²) in [7, 11) is 0. The highest BCUT2D eigenvalue weighted by Gasteiger charge is 2.32. The molecule has 22 heavy (non-hydrogen) atoms. The number of nitrogens with one attached hydrogen (secondary N) is 1. The second-order valence-electron chi connectivity index (χ2n) is 6.21. The maximum atomic E-state index is 12.2. The predicted octanol–water partition coefficient (Wildman–Crippen LogP) is 3.58. The van der Waals surface area contributed by atoms with Gasteiger partial charge in [-0.05, 0) is 49.9 Å². The zero-order chi connectivity index (χ0) is 15.3. The average Bonchev–Trinajstić information content (AvgIpc) is 3.16. The van der Waals surface area contributed by atoms with Crippen LogP contribution >= 0.6 is 11.8 Å². The zero-order valence-corrected chi connectivity index (χ0v) is 13.7. The normalized spacial score (nSPS) is 16.6. The Morgan fingerprint density at radius 3 is 2.82 bits per heavy atom. The zero-order valence-electron chi connectivity index (χ0n) is 12.8. The number of carbonyl (C=O) groups is 1. The Labute approximate surface area is 134 Å². The van der Waals surface area contributed by atoms with E-state index in [4.69, 9.17) is 5.10 Å². The molecule has 1 aromatic heterocycles. The summed E-state index contributed by atoms with van der Waals surface area (Å²) in [4.78, 5) is 12.2. The van der Waals surface area contributed by atoms with E-state index in [-0.39, 0.29) is 11.8 Å². The summed E-state index contributed by atoms with van der Waals surface area (Å²) >= 11 is 1.86. The first-order chi connectivity index (χ1) is 10.6. The van der Waals surface area contributed by atoms with Gasteiger partial charge in [-0.1, -0.05) is 6.07 Å². The summed E-state index contributed by atoms with van der Waals surface area (Å²) < 4.78 is 1.91. The van der Waals surface area contributed by atoms with Gasteiger partial charge in [0, 0.05) is 23.0 Å². The highest BCUT2D eigenvalue weighted by molar-refractivity contribution is 7.98. The molecule has 1 aliphatic carbocycles. The lowest BCUT2D eigenvalue weighted by molar-refractivity contribution is -0.117. The Morgan fingerprint density at radius 1 is 1.27 bits per heavy atom. The van der Waals surface area contributed by atoms with Crippen molar-refractivity contribution >= 4 is 23.5 Å². The first-order valence-electron chi connectivity index (χ1n) is 7.70. The van der Waals surface area contributed by atoms with E-state index in [1.165, 1.54) is 16.7 Å². The molecule has 4 nitrogen and oxygen atoms in total. The number of carbonyl (C=O) groups excluding carboxylic acids is 1. The Hall–Kier alpha value is -1.75. The van der Waals surface area contributed by atoms with Gasteiger partial charge in [0.15, 0.2) is 0 Å². The van der Waals surface area contributed by atoms with Crippen LogP contribution in [-0.2, 0) is 16.3 Å². The third-order valence-corrected chi connectivity index (χ3v) is 5.45. The Bertz CT molecular complexity index is 762. The number of thioether (sulfide) groups is 1. The molecule has 0 spiro atoms. The summed E-state index contributed by atoms with van der Waals surface area (Å²) in [6, 6.07) is 6.32. The van der Waals surface area contributed by atoms with Crippen LogP contribution in [0.15, 0.2) is 18.2 Å². The molecule has 2 aliphatic rings. The second-order valence-corrected chi connectivity index (χ2v) is 7.20. The molecular weight excluding hydrogens is 294 g/mol. The van der Waals surface area contributed by atoms with Gasteiger partial charge in [-0.2, -0.15) is 16.9 Å². The Kier molecular flexibility index (Phi) is 3.26. The maximum Gasteiger partial charge on any atom is 0.228 e. The van der Waals surface area contributed by atoms with Crippen LogP contribution in [0.25, 0.3) is 5.69 Å². The molecule has 0 radical (unpaired) electrons. The van der Waals surface area contributed by atoms with Gasteiger partial charge in [0.1, 0.15) is 5.82 Å². The number of aromatic nitrogens is 2. The van der Waals surface area contributed by atoms with Crippen LogP contribution in [0.1, 0.15) is 35.2 Å². The van der Waals surface area contributed by atoms with Crippen molar-refractivity contribution in [1.82, 2.24) is 9.78 Å². The smallest absolute Gasteiger partial charge is 0.228 e. The van der Waals surface area contributed by atoms with Crippen molar-refractivity contribution in [2.24, 2.45) is 5.92 Å². The highest BCUT2D eigenvalue weighted by atomic mass is 32.2. The summed E-state index contributed by atoms with van der Waals surface area (Å²) in [5.74, 6) is 3.08. The largest absolute Gasteiger partial charge is 0.310 e. The molecule has 0 atom stereocenters. The van der Waals surface area contributed by atoms with Gasteiger partial charge in [0.05, 0.1) is 11.4 Å². The molecule has 1 aromatic carbocycles. The molecule has 1 N–H and O–H groups in total. The van der Waals surface area contributed by atoms with Crippen LogP contribution in [0.5, 0.6) is 0 Å². The lowest BCUT2D eigenvalue weighted by Gasteiger charge is -2.12. The van der Waals surface area contributed by atoms with Gasteiger partial charge in [-0.3, -0.25) is 4.79 Å². The number of anilines is 1. The molecule has 1 aliphatic heterocycles. The second kappa shape index (κ2) is 5.16. The number of benzene rings is 1. The number of rotatable bonds is 3. The number of amides is 1. The summed E-state index contributed by atoms with van der Waals surface area (Å²) in [6.07, 6.45) is 2.03. The van der Waals surface area contributed by atoms with E-state index in [0.29, 0.717) is 0 Å². The molecule has 5 heteroatoms. The van der Waals surface area contributed by atoms with Crippen LogP contribution in [-0.4, -0.2) is 15.7 Å². The Morgan fingerprint density at radius 2 is 2.09 bits per heavy atom. The number of hydrogen-bond acceptors (Lipinski definition) is 3. The van der Waals surface area contributed by atoms with Gasteiger partial charge in [-0.15, -0.1) is 0 Å². The molecule has 0 unspecified atom stereocenters. The van der Waals surface area contributed by atoms with Crippen LogP contribution in [0, 0.1) is 19.8 Å². The molecule has 114 valence electrons. The monoisotopic (exact) mass is 313 g/mol. The van der Waals surface area contributed by atoms with Gasteiger partial charge in [0.25, 0.3) is 0 Å². The van der Waals surface area contributed by atoms with Crippen LogP contribution in [0.4, 0.5) is 5.82 Å². The minimum Gasteiger partial charge on any atom is -0.310 e. The van der Waals surface area contributed by atoms with Crippen LogP contribution in [0.2, 0.25) is 0 Å². The summed E-state index contributed by atoms with van der Waals surface area (Å²) in [5, 5.41) is 7.88. The van der Waals surface area contributed by atoms with Crippen molar-refractivity contribution in [1.29, 1.82) is 0 Å². The first-order valence-corrected chi connectivity index (χ1v) is 8.86. The van der Waals surface area contributed by atoms with Gasteiger partial charge >= 0.3 is 0 Å². The van der Waals surface area contributed by atoms with Crippen molar-refractivity contribution in [3.05, 3.63) is 40.6 Å². The number of nitrogens with zero attached hydrogens (tertiary/aromatic N) is 2. The van der Waals surface area contributed by atoms with Crippen LogP contribution in [0.3, 0.4) is 0 Å². The van der Waals surface area contributed by atoms with Gasteiger partial charge in [-0.25, -0.2) is 4.68 Å². The van der Waals surface area contributed by atoms with E-state index < -0.39 is 0 Å². The van der Waals surface area contributed by atoms with Gasteiger partial charge < -0.3 is 5.32 Å². The SMILES string of the molecule is Cc1ccc(-n2nc3c(c2NC(=O)C2CC2)CSC3)cc1C. The number of fused-ring (bicyclic) bond motifs is 1. The third-order valence-electron chi connectivity index (χ3n) is 4.48. The van der Waals surface area contributed by atoms with Crippen molar-refractivity contribution in [3.63, 3.8) is 0 Å². The van der Waals surface area contributed by atoms with Crippen molar-refractivity contribution < 1.29 is 4.79 Å². The van der Waals surface area contributed by atoms with E-state index in [2.05, 4.69) is 37.4 Å². The molecular formula is C17H19N3OS. The average molecular weight is 313 g/mol. The molecule has 2 aromatic rings. The topological polar surface area (TPSA) is 46.9 Å². The predicted molar refractivity (Wildman–Crippen MR) is 89.4 cm³/mol. The molecule has 1 amide bonds. The fraction of sp³-hybridized carbons (Fsp3) is 0.412.